The van der Waals surface area contributed by atoms with Crippen molar-refractivity contribution in [3.63, 3.8) is 0 Å². The highest BCUT2D eigenvalue weighted by Gasteiger charge is 2.04. The van der Waals surface area contributed by atoms with E-state index >= 15 is 0 Å². The standard InChI is InChI=1S/C16H15Br2N/c1-12-10-14(17)16(15(18)11-12)19-9-5-8-13-6-3-2-4-7-13/h2-8,10-11,19H,9H2,1H3. The predicted octanol–water partition coefficient (Wildman–Crippen LogP) is 5.65. The molecule has 2 rings (SSSR count). The van der Waals surface area contributed by atoms with Crippen LogP contribution in [0.15, 0.2) is 57.5 Å². The van der Waals surface area contributed by atoms with Crippen LogP contribution in [0.1, 0.15) is 11.1 Å². The Morgan fingerprint density at radius 2 is 1.68 bits per heavy atom. The van der Waals surface area contributed by atoms with Gasteiger partial charge in [-0.05, 0) is 62.0 Å². The van der Waals surface area contributed by atoms with E-state index in [9.17, 15) is 0 Å². The highest BCUT2D eigenvalue weighted by Crippen LogP contribution is 2.32. The van der Waals surface area contributed by atoms with E-state index in [1.807, 2.05) is 18.2 Å². The summed E-state index contributed by atoms with van der Waals surface area (Å²) < 4.78 is 2.15. The fourth-order valence-corrected chi connectivity index (χ4v) is 3.48. The fourth-order valence-electron chi connectivity index (χ4n) is 1.79. The zero-order valence-electron chi connectivity index (χ0n) is 10.7. The molecule has 0 atom stereocenters. The second kappa shape index (κ2) is 6.92. The van der Waals surface area contributed by atoms with Crippen LogP contribution < -0.4 is 5.32 Å². The van der Waals surface area contributed by atoms with Gasteiger partial charge >= 0.3 is 0 Å². The normalized spacial score (nSPS) is 10.9. The van der Waals surface area contributed by atoms with Gasteiger partial charge in [-0.15, -0.1) is 0 Å². The van der Waals surface area contributed by atoms with Gasteiger partial charge in [-0.2, -0.15) is 0 Å². The number of rotatable bonds is 4. The minimum absolute atomic E-state index is 0.787. The van der Waals surface area contributed by atoms with Gasteiger partial charge in [0.2, 0.25) is 0 Å². The molecule has 0 amide bonds. The summed E-state index contributed by atoms with van der Waals surface area (Å²) in [6.07, 6.45) is 4.23. The molecule has 1 nitrogen and oxygen atoms in total. The third-order valence-electron chi connectivity index (χ3n) is 2.69. The van der Waals surface area contributed by atoms with Crippen LogP contribution in [0.25, 0.3) is 6.08 Å². The van der Waals surface area contributed by atoms with Gasteiger partial charge in [0, 0.05) is 15.5 Å². The Kier molecular flexibility index (Phi) is 5.23. The maximum atomic E-state index is 3.58. The highest BCUT2D eigenvalue weighted by molar-refractivity contribution is 9.11. The Hall–Kier alpha value is -1.06. The molecule has 3 heteroatoms. The summed E-state index contributed by atoms with van der Waals surface area (Å²) in [5, 5.41) is 3.40. The Balaban J connectivity index is 1.98. The Labute approximate surface area is 131 Å². The summed E-state index contributed by atoms with van der Waals surface area (Å²) in [6.45, 7) is 2.86. The molecule has 0 fully saturated rings. The Morgan fingerprint density at radius 3 is 2.32 bits per heavy atom. The van der Waals surface area contributed by atoms with E-state index in [2.05, 4.69) is 80.5 Å². The quantitative estimate of drug-likeness (QED) is 0.722. The maximum absolute atomic E-state index is 3.58. The fraction of sp³-hybridized carbons (Fsp3) is 0.125. The van der Waals surface area contributed by atoms with Gasteiger partial charge in [0.15, 0.2) is 0 Å². The summed E-state index contributed by atoms with van der Waals surface area (Å²) in [4.78, 5) is 0. The van der Waals surface area contributed by atoms with E-state index in [4.69, 9.17) is 0 Å². The first-order chi connectivity index (χ1) is 9.16. The van der Waals surface area contributed by atoms with Gasteiger partial charge in [0.05, 0.1) is 5.69 Å². The van der Waals surface area contributed by atoms with Crippen molar-refractivity contribution in [2.24, 2.45) is 0 Å². The van der Waals surface area contributed by atoms with Gasteiger partial charge in [-0.1, -0.05) is 42.5 Å². The van der Waals surface area contributed by atoms with E-state index < -0.39 is 0 Å². The maximum Gasteiger partial charge on any atom is 0.0631 e. The van der Waals surface area contributed by atoms with Crippen LogP contribution in [-0.2, 0) is 0 Å². The first kappa shape index (κ1) is 14.4. The molecule has 19 heavy (non-hydrogen) atoms. The number of hydrogen-bond donors (Lipinski definition) is 1. The molecule has 0 aliphatic carbocycles. The van der Waals surface area contributed by atoms with Crippen molar-refractivity contribution >= 4 is 43.6 Å². The number of halogens is 2. The lowest BCUT2D eigenvalue weighted by atomic mass is 10.2. The molecule has 0 bridgehead atoms. The smallest absolute Gasteiger partial charge is 0.0631 e. The summed E-state index contributed by atoms with van der Waals surface area (Å²) in [7, 11) is 0. The summed E-state index contributed by atoms with van der Waals surface area (Å²) in [5.74, 6) is 0. The lowest BCUT2D eigenvalue weighted by Gasteiger charge is -2.10. The van der Waals surface area contributed by atoms with Gasteiger partial charge in [0.25, 0.3) is 0 Å². The van der Waals surface area contributed by atoms with Crippen molar-refractivity contribution in [2.45, 2.75) is 6.92 Å². The Bertz CT molecular complexity index is 554. The van der Waals surface area contributed by atoms with Gasteiger partial charge in [0.1, 0.15) is 0 Å². The molecule has 0 aliphatic rings. The molecule has 0 heterocycles. The van der Waals surface area contributed by atoms with E-state index in [0.717, 1.165) is 21.2 Å². The first-order valence-corrected chi connectivity index (χ1v) is 7.66. The molecule has 0 spiro atoms. The minimum atomic E-state index is 0.787. The van der Waals surface area contributed by atoms with E-state index in [0.29, 0.717) is 0 Å². The Morgan fingerprint density at radius 1 is 1.05 bits per heavy atom. The van der Waals surface area contributed by atoms with Crippen LogP contribution in [0.4, 0.5) is 5.69 Å². The predicted molar refractivity (Wildman–Crippen MR) is 90.5 cm³/mol. The lowest BCUT2D eigenvalue weighted by molar-refractivity contribution is 1.30. The topological polar surface area (TPSA) is 12.0 Å². The van der Waals surface area contributed by atoms with Crippen molar-refractivity contribution in [3.05, 3.63) is 68.6 Å². The van der Waals surface area contributed by atoms with Crippen molar-refractivity contribution in [2.75, 3.05) is 11.9 Å². The molecule has 0 aromatic heterocycles. The number of aryl methyl sites for hydroxylation is 1. The van der Waals surface area contributed by atoms with Crippen LogP contribution in [0.5, 0.6) is 0 Å². The third kappa shape index (κ3) is 4.22. The van der Waals surface area contributed by atoms with Crippen LogP contribution in [0.2, 0.25) is 0 Å². The average molecular weight is 381 g/mol. The molecule has 0 saturated heterocycles. The first-order valence-electron chi connectivity index (χ1n) is 6.08. The van der Waals surface area contributed by atoms with Crippen molar-refractivity contribution < 1.29 is 0 Å². The monoisotopic (exact) mass is 379 g/mol. The van der Waals surface area contributed by atoms with Crippen LogP contribution in [-0.4, -0.2) is 6.54 Å². The van der Waals surface area contributed by atoms with E-state index in [1.165, 1.54) is 11.1 Å². The molecule has 2 aromatic rings. The zero-order valence-corrected chi connectivity index (χ0v) is 13.8. The second-order valence-corrected chi connectivity index (χ2v) is 6.01. The van der Waals surface area contributed by atoms with Crippen molar-refractivity contribution in [1.29, 1.82) is 0 Å². The van der Waals surface area contributed by atoms with Gasteiger partial charge in [-0.25, -0.2) is 0 Å². The largest absolute Gasteiger partial charge is 0.380 e. The molecule has 2 aromatic carbocycles. The summed E-state index contributed by atoms with van der Waals surface area (Å²) in [5.41, 5.74) is 3.53. The zero-order chi connectivity index (χ0) is 13.7. The van der Waals surface area contributed by atoms with E-state index in [-0.39, 0.29) is 0 Å². The van der Waals surface area contributed by atoms with Crippen LogP contribution in [0.3, 0.4) is 0 Å². The molecule has 0 unspecified atom stereocenters. The summed E-state index contributed by atoms with van der Waals surface area (Å²) in [6, 6.07) is 14.5. The SMILES string of the molecule is Cc1cc(Br)c(NCC=Cc2ccccc2)c(Br)c1. The highest BCUT2D eigenvalue weighted by atomic mass is 79.9. The minimum Gasteiger partial charge on any atom is -0.380 e. The lowest BCUT2D eigenvalue weighted by Crippen LogP contribution is -2.00. The molecule has 98 valence electrons. The molecular formula is C16H15Br2N. The number of benzene rings is 2. The third-order valence-corrected chi connectivity index (χ3v) is 3.94. The number of nitrogens with one attached hydrogen (secondary N) is 1. The number of anilines is 1. The molecule has 0 radical (unpaired) electrons. The van der Waals surface area contributed by atoms with Crippen LogP contribution >= 0.6 is 31.9 Å². The molecule has 0 aliphatic heterocycles. The number of hydrogen-bond acceptors (Lipinski definition) is 1. The molecule has 1 N–H and O–H groups in total. The average Bonchev–Trinajstić information content (AvgIpc) is 2.38. The summed E-state index contributed by atoms with van der Waals surface area (Å²) >= 11 is 7.16. The van der Waals surface area contributed by atoms with Gasteiger partial charge in [-0.3, -0.25) is 0 Å². The van der Waals surface area contributed by atoms with Crippen molar-refractivity contribution in [3.8, 4) is 0 Å². The van der Waals surface area contributed by atoms with E-state index in [1.54, 1.807) is 0 Å². The van der Waals surface area contributed by atoms with Crippen LogP contribution in [0, 0.1) is 6.92 Å². The molecular weight excluding hydrogens is 366 g/mol. The second-order valence-electron chi connectivity index (χ2n) is 4.30. The van der Waals surface area contributed by atoms with Crippen molar-refractivity contribution in [1.82, 2.24) is 0 Å². The molecule has 0 saturated carbocycles. The van der Waals surface area contributed by atoms with Gasteiger partial charge < -0.3 is 5.32 Å².